The number of hydrogen-bond acceptors (Lipinski definition) is 6. The molecule has 3 aliphatic heterocycles. The lowest BCUT2D eigenvalue weighted by atomic mass is 9.85. The molecule has 0 bridgehead atoms. The predicted octanol–water partition coefficient (Wildman–Crippen LogP) is -3.52. The summed E-state index contributed by atoms with van der Waals surface area (Å²) in [6.45, 7) is 1.80. The van der Waals surface area contributed by atoms with E-state index in [1.165, 1.54) is 4.90 Å². The molecule has 0 aromatic carbocycles. The van der Waals surface area contributed by atoms with Gasteiger partial charge in [-0.05, 0) is 6.92 Å². The van der Waals surface area contributed by atoms with Crippen molar-refractivity contribution in [1.82, 2.24) is 20.9 Å². The number of hydrogen-bond donors (Lipinski definition) is 8. The van der Waals surface area contributed by atoms with Crippen LogP contribution in [-0.2, 0) is 4.74 Å². The van der Waals surface area contributed by atoms with Crippen molar-refractivity contribution >= 4 is 11.9 Å². The minimum Gasteiger partial charge on any atom is -0.394 e. The van der Waals surface area contributed by atoms with Crippen molar-refractivity contribution in [3.8, 4) is 0 Å². The maximum absolute atomic E-state index is 10.7. The summed E-state index contributed by atoms with van der Waals surface area (Å²) in [4.78, 5) is 1.43. The quantitative estimate of drug-likeness (QED) is 0.249. The molecule has 0 saturated carbocycles. The van der Waals surface area contributed by atoms with Crippen LogP contribution in [-0.4, -0.2) is 81.5 Å². The minimum absolute atomic E-state index is 0.0519. The normalized spacial score (nSPS) is 40.2. The van der Waals surface area contributed by atoms with Gasteiger partial charge >= 0.3 is 0 Å². The summed E-state index contributed by atoms with van der Waals surface area (Å²) in [6, 6.07) is -1.34. The molecule has 3 saturated heterocycles. The first-order chi connectivity index (χ1) is 9.88. The average molecular weight is 300 g/mol. The van der Waals surface area contributed by atoms with E-state index in [-0.39, 0.29) is 31.7 Å². The second-order valence-corrected chi connectivity index (χ2v) is 5.45. The van der Waals surface area contributed by atoms with Crippen molar-refractivity contribution in [2.45, 2.75) is 36.6 Å². The Morgan fingerprint density at radius 3 is 2.71 bits per heavy atom. The van der Waals surface area contributed by atoms with Gasteiger partial charge in [-0.1, -0.05) is 0 Å². The number of rotatable bonds is 3. The van der Waals surface area contributed by atoms with Crippen molar-refractivity contribution in [3.63, 3.8) is 0 Å². The van der Waals surface area contributed by atoms with Gasteiger partial charge in [0.05, 0.1) is 25.2 Å². The zero-order valence-electron chi connectivity index (χ0n) is 11.6. The first-order valence-corrected chi connectivity index (χ1v) is 6.81. The van der Waals surface area contributed by atoms with Gasteiger partial charge in [0, 0.05) is 6.61 Å². The minimum atomic E-state index is -2.33. The maximum atomic E-state index is 10.7. The number of nitrogens with zero attached hydrogens (tertiary/aromatic N) is 1. The molecule has 3 aliphatic rings. The van der Waals surface area contributed by atoms with Crippen LogP contribution in [0.15, 0.2) is 0 Å². The zero-order valence-corrected chi connectivity index (χ0v) is 11.6. The van der Waals surface area contributed by atoms with E-state index in [2.05, 4.69) is 16.0 Å². The Hall–Kier alpha value is -1.62. The molecule has 0 radical (unpaired) electrons. The van der Waals surface area contributed by atoms with E-state index in [1.54, 1.807) is 6.92 Å². The van der Waals surface area contributed by atoms with Crippen molar-refractivity contribution in [1.29, 1.82) is 10.8 Å². The highest BCUT2D eigenvalue weighted by Gasteiger charge is 2.74. The van der Waals surface area contributed by atoms with E-state index in [0.29, 0.717) is 0 Å². The summed E-state index contributed by atoms with van der Waals surface area (Å²) in [7, 11) is 0. The smallest absolute Gasteiger partial charge is 0.237 e. The predicted molar refractivity (Wildman–Crippen MR) is 71.5 cm³/mol. The highest BCUT2D eigenvalue weighted by molar-refractivity contribution is 5.87. The van der Waals surface area contributed by atoms with Crippen molar-refractivity contribution in [3.05, 3.63) is 0 Å². The molecule has 118 valence electrons. The molecule has 0 amide bonds. The molecule has 0 aromatic rings. The van der Waals surface area contributed by atoms with Gasteiger partial charge in [0.1, 0.15) is 6.10 Å². The molecule has 10 heteroatoms. The van der Waals surface area contributed by atoms with Crippen LogP contribution in [0.5, 0.6) is 0 Å². The van der Waals surface area contributed by atoms with Crippen LogP contribution < -0.4 is 16.0 Å². The third-order valence-electron chi connectivity index (χ3n) is 4.41. The average Bonchev–Trinajstić information content (AvgIpc) is 2.88. The standard InChI is InChI=1S/C11H20N6O4/c1-2-21-6-3-17-9(13)14-5(4-18)7-10(17,11(6,19)20)16-8(12)15-7/h5-7,18-20H,2-4H2,1H3,(H2,13,14)(H3,12,15,16)/t5-,6+,7?,10?/m0/s1. The van der Waals surface area contributed by atoms with Gasteiger partial charge in [-0.15, -0.1) is 0 Å². The number of ether oxygens (including phenoxy) is 1. The Kier molecular flexibility index (Phi) is 3.03. The third kappa shape index (κ3) is 1.61. The Balaban J connectivity index is 2.09. The third-order valence-corrected chi connectivity index (χ3v) is 4.41. The Labute approximate surface area is 121 Å². The highest BCUT2D eigenvalue weighted by Crippen LogP contribution is 2.43. The lowest BCUT2D eigenvalue weighted by Gasteiger charge is -2.50. The molecule has 8 N–H and O–H groups in total. The van der Waals surface area contributed by atoms with Crippen LogP contribution in [0.2, 0.25) is 0 Å². The van der Waals surface area contributed by atoms with Crippen LogP contribution in [0.1, 0.15) is 6.92 Å². The molecule has 4 atom stereocenters. The molecule has 0 aromatic heterocycles. The summed E-state index contributed by atoms with van der Waals surface area (Å²) in [5.74, 6) is -2.47. The summed E-state index contributed by atoms with van der Waals surface area (Å²) in [5.41, 5.74) is -1.53. The van der Waals surface area contributed by atoms with Crippen LogP contribution in [0.4, 0.5) is 0 Å². The Bertz CT molecular complexity index is 485. The van der Waals surface area contributed by atoms with Crippen molar-refractivity contribution in [2.24, 2.45) is 0 Å². The molecule has 0 aliphatic carbocycles. The summed E-state index contributed by atoms with van der Waals surface area (Å²) in [5, 5.41) is 55.0. The van der Waals surface area contributed by atoms with Crippen molar-refractivity contribution < 1.29 is 20.1 Å². The first kappa shape index (κ1) is 14.3. The van der Waals surface area contributed by atoms with E-state index in [9.17, 15) is 15.3 Å². The van der Waals surface area contributed by atoms with Crippen molar-refractivity contribution in [2.75, 3.05) is 19.8 Å². The van der Waals surface area contributed by atoms with E-state index in [1.807, 2.05) is 0 Å². The van der Waals surface area contributed by atoms with Crippen LogP contribution in [0.3, 0.4) is 0 Å². The largest absolute Gasteiger partial charge is 0.394 e. The van der Waals surface area contributed by atoms with Gasteiger partial charge in [-0.3, -0.25) is 10.8 Å². The molecule has 3 heterocycles. The maximum Gasteiger partial charge on any atom is 0.237 e. The zero-order chi connectivity index (χ0) is 15.4. The molecule has 10 nitrogen and oxygen atoms in total. The molecule has 2 unspecified atom stereocenters. The number of nitrogens with one attached hydrogen (secondary N) is 5. The van der Waals surface area contributed by atoms with E-state index >= 15 is 0 Å². The SMILES string of the molecule is CCO[C@@H]1CN2C(=N)N[C@@H](CO)C3NC(=N)NC32C1(O)O. The summed E-state index contributed by atoms with van der Waals surface area (Å²) < 4.78 is 5.40. The monoisotopic (exact) mass is 300 g/mol. The van der Waals surface area contributed by atoms with E-state index < -0.39 is 29.6 Å². The summed E-state index contributed by atoms with van der Waals surface area (Å²) in [6.07, 6.45) is -0.940. The molecular formula is C11H20N6O4. The van der Waals surface area contributed by atoms with Gasteiger partial charge in [-0.2, -0.15) is 0 Å². The van der Waals surface area contributed by atoms with Gasteiger partial charge in [-0.25, -0.2) is 0 Å². The highest BCUT2D eigenvalue weighted by atomic mass is 16.6. The lowest BCUT2D eigenvalue weighted by Crippen LogP contribution is -2.80. The van der Waals surface area contributed by atoms with E-state index in [0.717, 1.165) is 0 Å². The fraction of sp³-hybridized carbons (Fsp3) is 0.818. The second-order valence-electron chi connectivity index (χ2n) is 5.45. The topological polar surface area (TPSA) is 157 Å². The first-order valence-electron chi connectivity index (χ1n) is 6.81. The fourth-order valence-electron chi connectivity index (χ4n) is 3.52. The van der Waals surface area contributed by atoms with E-state index in [4.69, 9.17) is 15.6 Å². The summed E-state index contributed by atoms with van der Waals surface area (Å²) >= 11 is 0. The van der Waals surface area contributed by atoms with Gasteiger partial charge in [0.25, 0.3) is 0 Å². The van der Waals surface area contributed by atoms with Crippen LogP contribution >= 0.6 is 0 Å². The molecule has 3 rings (SSSR count). The molecule has 21 heavy (non-hydrogen) atoms. The number of guanidine groups is 2. The van der Waals surface area contributed by atoms with Gasteiger partial charge in [0.2, 0.25) is 5.79 Å². The fourth-order valence-corrected chi connectivity index (χ4v) is 3.52. The second kappa shape index (κ2) is 4.44. The Morgan fingerprint density at radius 1 is 1.38 bits per heavy atom. The van der Waals surface area contributed by atoms with Crippen LogP contribution in [0, 0.1) is 10.8 Å². The lowest BCUT2D eigenvalue weighted by molar-refractivity contribution is -0.266. The molecule has 1 spiro atoms. The molecule has 3 fully saturated rings. The number of aliphatic hydroxyl groups is 3. The van der Waals surface area contributed by atoms with Gasteiger partial charge < -0.3 is 40.9 Å². The van der Waals surface area contributed by atoms with Gasteiger partial charge in [0.15, 0.2) is 17.6 Å². The Morgan fingerprint density at radius 2 is 2.10 bits per heavy atom. The number of aliphatic hydroxyl groups excluding tert-OH is 1. The molecular weight excluding hydrogens is 280 g/mol. The van der Waals surface area contributed by atoms with Crippen LogP contribution in [0.25, 0.3) is 0 Å².